The van der Waals surface area contributed by atoms with Crippen LogP contribution in [0, 0.1) is 5.92 Å². The van der Waals surface area contributed by atoms with Crippen LogP contribution in [0.25, 0.3) is 0 Å². The van der Waals surface area contributed by atoms with Crippen molar-refractivity contribution in [2.75, 3.05) is 4.90 Å². The molecule has 1 atom stereocenters. The quantitative estimate of drug-likeness (QED) is 0.757. The van der Waals surface area contributed by atoms with Crippen LogP contribution in [0.1, 0.15) is 18.9 Å². The monoisotopic (exact) mass is 219 g/mol. The minimum atomic E-state index is -0.231. The first kappa shape index (κ1) is 10.8. The molecule has 4 nitrogen and oxygen atoms in total. The van der Waals surface area contributed by atoms with Gasteiger partial charge in [-0.15, -0.1) is 0 Å². The van der Waals surface area contributed by atoms with Gasteiger partial charge in [0.25, 0.3) is 0 Å². The highest BCUT2D eigenvalue weighted by Crippen LogP contribution is 2.26. The summed E-state index contributed by atoms with van der Waals surface area (Å²) in [6.07, 6.45) is 0.278. The zero-order valence-electron chi connectivity index (χ0n) is 9.01. The number of rotatable bonds is 2. The number of carbonyl (C=O) groups is 2. The Kier molecular flexibility index (Phi) is 2.75. The summed E-state index contributed by atoms with van der Waals surface area (Å²) < 4.78 is 0. The number of aliphatic hydroxyl groups is 1. The Labute approximate surface area is 93.5 Å². The molecular formula is C12H13NO3. The third kappa shape index (κ3) is 1.72. The molecule has 1 saturated heterocycles. The van der Waals surface area contributed by atoms with Gasteiger partial charge >= 0.3 is 0 Å². The summed E-state index contributed by atoms with van der Waals surface area (Å²) in [7, 11) is 0. The number of imide groups is 1. The van der Waals surface area contributed by atoms with Gasteiger partial charge in [-0.05, 0) is 17.7 Å². The summed E-state index contributed by atoms with van der Waals surface area (Å²) in [5.41, 5.74) is 1.34. The lowest BCUT2D eigenvalue weighted by atomic mass is 10.1. The number of nitrogens with zero attached hydrogens (tertiary/aromatic N) is 1. The van der Waals surface area contributed by atoms with E-state index in [0.29, 0.717) is 5.69 Å². The molecule has 2 rings (SSSR count). The van der Waals surface area contributed by atoms with Crippen molar-refractivity contribution < 1.29 is 14.7 Å². The predicted molar refractivity (Wildman–Crippen MR) is 58.6 cm³/mol. The van der Waals surface area contributed by atoms with Crippen LogP contribution in [0.4, 0.5) is 5.69 Å². The molecule has 1 aromatic rings. The van der Waals surface area contributed by atoms with Gasteiger partial charge in [-0.2, -0.15) is 0 Å². The molecule has 0 spiro atoms. The fraction of sp³-hybridized carbons (Fsp3) is 0.333. The topological polar surface area (TPSA) is 57.6 Å². The van der Waals surface area contributed by atoms with Gasteiger partial charge in [0.15, 0.2) is 0 Å². The fourth-order valence-electron chi connectivity index (χ4n) is 1.81. The van der Waals surface area contributed by atoms with E-state index in [-0.39, 0.29) is 30.8 Å². The lowest BCUT2D eigenvalue weighted by molar-refractivity contribution is -0.122. The van der Waals surface area contributed by atoms with E-state index in [1.807, 2.05) is 0 Å². The van der Waals surface area contributed by atoms with Crippen molar-refractivity contribution in [1.82, 2.24) is 0 Å². The highest BCUT2D eigenvalue weighted by Gasteiger charge is 2.36. The number of hydrogen-bond acceptors (Lipinski definition) is 3. The molecule has 4 heteroatoms. The summed E-state index contributed by atoms with van der Waals surface area (Å²) in [6, 6.07) is 6.77. The molecule has 0 saturated carbocycles. The standard InChI is InChI=1S/C12H13NO3/c1-8-6-11(15)13(12(8)16)10-4-2-9(7-14)3-5-10/h2-5,8,14H,6-7H2,1H3. The van der Waals surface area contributed by atoms with Gasteiger partial charge in [0, 0.05) is 12.3 Å². The van der Waals surface area contributed by atoms with Gasteiger partial charge < -0.3 is 5.11 Å². The van der Waals surface area contributed by atoms with Gasteiger partial charge in [-0.3, -0.25) is 14.5 Å². The molecule has 1 heterocycles. The van der Waals surface area contributed by atoms with Crippen LogP contribution in [0.15, 0.2) is 24.3 Å². The molecule has 84 valence electrons. The molecule has 1 N–H and O–H groups in total. The average molecular weight is 219 g/mol. The summed E-state index contributed by atoms with van der Waals surface area (Å²) in [4.78, 5) is 24.5. The van der Waals surface area contributed by atoms with Crippen LogP contribution in [0.3, 0.4) is 0 Å². The van der Waals surface area contributed by atoms with Crippen LogP contribution in [-0.4, -0.2) is 16.9 Å². The first-order valence-electron chi connectivity index (χ1n) is 5.20. The molecule has 16 heavy (non-hydrogen) atoms. The zero-order valence-corrected chi connectivity index (χ0v) is 9.01. The van der Waals surface area contributed by atoms with Crippen LogP contribution in [-0.2, 0) is 16.2 Å². The SMILES string of the molecule is CC1CC(=O)N(c2ccc(CO)cc2)C1=O. The number of amides is 2. The van der Waals surface area contributed by atoms with Gasteiger partial charge in [0.1, 0.15) is 0 Å². The lowest BCUT2D eigenvalue weighted by Crippen LogP contribution is -2.29. The lowest BCUT2D eigenvalue weighted by Gasteiger charge is -2.14. The molecule has 1 fully saturated rings. The molecular weight excluding hydrogens is 206 g/mol. The van der Waals surface area contributed by atoms with E-state index in [2.05, 4.69) is 0 Å². The number of benzene rings is 1. The summed E-state index contributed by atoms with van der Waals surface area (Å²) in [5.74, 6) is -0.541. The maximum absolute atomic E-state index is 11.7. The normalized spacial score (nSPS) is 20.6. The summed E-state index contributed by atoms with van der Waals surface area (Å²) in [6.45, 7) is 1.71. The maximum Gasteiger partial charge on any atom is 0.237 e. The molecule has 0 aromatic heterocycles. The number of carbonyl (C=O) groups excluding carboxylic acids is 2. The van der Waals surface area contributed by atoms with E-state index in [1.165, 1.54) is 4.90 Å². The number of hydrogen-bond donors (Lipinski definition) is 1. The second-order valence-electron chi connectivity index (χ2n) is 4.00. The smallest absolute Gasteiger partial charge is 0.237 e. The van der Waals surface area contributed by atoms with E-state index in [4.69, 9.17) is 5.11 Å². The molecule has 2 amide bonds. The molecule has 1 aliphatic heterocycles. The fourth-order valence-corrected chi connectivity index (χ4v) is 1.81. The van der Waals surface area contributed by atoms with Crippen LogP contribution in [0.5, 0.6) is 0 Å². The zero-order chi connectivity index (χ0) is 11.7. The Bertz CT molecular complexity index is 424. The highest BCUT2D eigenvalue weighted by atomic mass is 16.3. The van der Waals surface area contributed by atoms with E-state index in [1.54, 1.807) is 31.2 Å². The third-order valence-electron chi connectivity index (χ3n) is 2.75. The predicted octanol–water partition coefficient (Wildman–Crippen LogP) is 1.08. The first-order valence-corrected chi connectivity index (χ1v) is 5.20. The van der Waals surface area contributed by atoms with Gasteiger partial charge in [0.2, 0.25) is 11.8 Å². The van der Waals surface area contributed by atoms with Crippen molar-refractivity contribution in [3.8, 4) is 0 Å². The van der Waals surface area contributed by atoms with Crippen molar-refractivity contribution in [1.29, 1.82) is 0 Å². The molecule has 1 unspecified atom stereocenters. The Morgan fingerprint density at radius 3 is 2.38 bits per heavy atom. The minimum absolute atomic E-state index is 0.0431. The molecule has 1 aliphatic rings. The largest absolute Gasteiger partial charge is 0.392 e. The van der Waals surface area contributed by atoms with Crippen LogP contribution >= 0.6 is 0 Å². The molecule has 0 bridgehead atoms. The van der Waals surface area contributed by atoms with Crippen LogP contribution < -0.4 is 4.90 Å². The van der Waals surface area contributed by atoms with E-state index >= 15 is 0 Å². The van der Waals surface area contributed by atoms with E-state index < -0.39 is 0 Å². The van der Waals surface area contributed by atoms with Crippen molar-refractivity contribution in [2.45, 2.75) is 20.0 Å². The first-order chi connectivity index (χ1) is 7.63. The number of aliphatic hydroxyl groups excluding tert-OH is 1. The molecule has 0 aliphatic carbocycles. The maximum atomic E-state index is 11.7. The second kappa shape index (κ2) is 4.06. The Hall–Kier alpha value is -1.68. The second-order valence-corrected chi connectivity index (χ2v) is 4.00. The van der Waals surface area contributed by atoms with Crippen molar-refractivity contribution in [2.24, 2.45) is 5.92 Å². The van der Waals surface area contributed by atoms with Crippen molar-refractivity contribution >= 4 is 17.5 Å². The Balaban J connectivity index is 2.30. The van der Waals surface area contributed by atoms with Gasteiger partial charge in [0.05, 0.1) is 12.3 Å². The van der Waals surface area contributed by atoms with E-state index in [9.17, 15) is 9.59 Å². The van der Waals surface area contributed by atoms with Gasteiger partial charge in [-0.1, -0.05) is 19.1 Å². The number of anilines is 1. The molecule has 1 aromatic carbocycles. The van der Waals surface area contributed by atoms with Crippen molar-refractivity contribution in [3.05, 3.63) is 29.8 Å². The Morgan fingerprint density at radius 1 is 1.31 bits per heavy atom. The summed E-state index contributed by atoms with van der Waals surface area (Å²) in [5, 5.41) is 8.89. The minimum Gasteiger partial charge on any atom is -0.392 e. The third-order valence-corrected chi connectivity index (χ3v) is 2.75. The average Bonchev–Trinajstić information content (AvgIpc) is 2.54. The summed E-state index contributed by atoms with van der Waals surface area (Å²) >= 11 is 0. The van der Waals surface area contributed by atoms with Crippen molar-refractivity contribution in [3.63, 3.8) is 0 Å². The van der Waals surface area contributed by atoms with Crippen LogP contribution in [0.2, 0.25) is 0 Å². The Morgan fingerprint density at radius 2 is 1.94 bits per heavy atom. The van der Waals surface area contributed by atoms with Gasteiger partial charge in [-0.25, -0.2) is 0 Å². The highest BCUT2D eigenvalue weighted by molar-refractivity contribution is 6.20. The molecule has 0 radical (unpaired) electrons. The van der Waals surface area contributed by atoms with E-state index in [0.717, 1.165) is 5.56 Å².